The zero-order chi connectivity index (χ0) is 23.0. The largest absolute Gasteiger partial charge is 0.507 e. The van der Waals surface area contributed by atoms with Crippen molar-refractivity contribution >= 4 is 5.97 Å². The van der Waals surface area contributed by atoms with E-state index in [9.17, 15) is 9.90 Å². The summed E-state index contributed by atoms with van der Waals surface area (Å²) in [5, 5.41) is 45.4. The van der Waals surface area contributed by atoms with Gasteiger partial charge in [-0.3, -0.25) is 4.79 Å². The zero-order valence-corrected chi connectivity index (χ0v) is 19.0. The third-order valence-corrected chi connectivity index (χ3v) is 5.17. The molecule has 0 aliphatic rings. The molecule has 0 saturated heterocycles. The standard InChI is InChI=1S/C17H26O3.C6H14O3/c1-16(2,3)12-9-11(7-8-14(18)19)10-13(15(12)20)17(4,5)6;1-2-6(3-7,4-8)5-9/h9-10,20H,7-8H2,1-6H3,(H,18,19);7-9H,2-5H2,1H3. The predicted molar refractivity (Wildman–Crippen MR) is 115 cm³/mol. The first-order chi connectivity index (χ1) is 13.2. The number of carboxylic acid groups (broad SMARTS) is 1. The lowest BCUT2D eigenvalue weighted by molar-refractivity contribution is -0.136. The van der Waals surface area contributed by atoms with Gasteiger partial charge in [0.05, 0.1) is 19.8 Å². The van der Waals surface area contributed by atoms with Gasteiger partial charge in [-0.25, -0.2) is 0 Å². The first-order valence-corrected chi connectivity index (χ1v) is 10.1. The highest BCUT2D eigenvalue weighted by Crippen LogP contribution is 2.39. The zero-order valence-electron chi connectivity index (χ0n) is 19.0. The van der Waals surface area contributed by atoms with E-state index in [2.05, 4.69) is 41.5 Å². The Hall–Kier alpha value is -1.63. The van der Waals surface area contributed by atoms with E-state index < -0.39 is 11.4 Å². The molecule has 1 aromatic rings. The van der Waals surface area contributed by atoms with Crippen LogP contribution in [0.4, 0.5) is 0 Å². The van der Waals surface area contributed by atoms with Gasteiger partial charge in [-0.05, 0) is 40.4 Å². The van der Waals surface area contributed by atoms with E-state index in [0.717, 1.165) is 16.7 Å². The summed E-state index contributed by atoms with van der Waals surface area (Å²) in [5.41, 5.74) is 1.71. The van der Waals surface area contributed by atoms with Crippen LogP contribution in [0.3, 0.4) is 0 Å². The van der Waals surface area contributed by atoms with Crippen LogP contribution in [0.15, 0.2) is 12.1 Å². The Bertz CT molecular complexity index is 596. The van der Waals surface area contributed by atoms with Gasteiger partial charge in [0, 0.05) is 11.8 Å². The molecule has 1 rings (SSSR count). The Morgan fingerprint density at radius 2 is 1.24 bits per heavy atom. The quantitative estimate of drug-likeness (QED) is 0.469. The van der Waals surface area contributed by atoms with E-state index in [1.165, 1.54) is 0 Å². The van der Waals surface area contributed by atoms with Gasteiger partial charge in [0.25, 0.3) is 0 Å². The smallest absolute Gasteiger partial charge is 0.303 e. The summed E-state index contributed by atoms with van der Waals surface area (Å²) in [6, 6.07) is 3.88. The second-order valence-electron chi connectivity index (χ2n) is 9.76. The molecule has 0 aromatic heterocycles. The van der Waals surface area contributed by atoms with E-state index in [0.29, 0.717) is 18.6 Å². The molecule has 0 amide bonds. The molecule has 0 aliphatic carbocycles. The van der Waals surface area contributed by atoms with Crippen LogP contribution in [0.2, 0.25) is 0 Å². The minimum atomic E-state index is -0.798. The lowest BCUT2D eigenvalue weighted by Gasteiger charge is -2.28. The van der Waals surface area contributed by atoms with Crippen LogP contribution in [0, 0.1) is 5.41 Å². The van der Waals surface area contributed by atoms with E-state index in [-0.39, 0.29) is 37.1 Å². The number of aromatic hydroxyl groups is 1. The number of carboxylic acids is 1. The maximum atomic E-state index is 10.8. The topological polar surface area (TPSA) is 118 Å². The van der Waals surface area contributed by atoms with Crippen molar-refractivity contribution in [2.24, 2.45) is 5.41 Å². The molecule has 6 nitrogen and oxygen atoms in total. The number of phenols is 1. The number of benzene rings is 1. The normalized spacial score (nSPS) is 12.3. The summed E-state index contributed by atoms with van der Waals surface area (Å²) in [5.74, 6) is -0.461. The first-order valence-electron chi connectivity index (χ1n) is 10.1. The lowest BCUT2D eigenvalue weighted by Crippen LogP contribution is -2.32. The van der Waals surface area contributed by atoms with Crippen molar-refractivity contribution < 1.29 is 30.3 Å². The maximum absolute atomic E-state index is 10.8. The fourth-order valence-corrected chi connectivity index (χ4v) is 2.72. The molecule has 0 atom stereocenters. The monoisotopic (exact) mass is 412 g/mol. The van der Waals surface area contributed by atoms with Crippen molar-refractivity contribution in [2.75, 3.05) is 19.8 Å². The second-order valence-corrected chi connectivity index (χ2v) is 9.76. The van der Waals surface area contributed by atoms with Gasteiger partial charge in [-0.15, -0.1) is 0 Å². The third-order valence-electron chi connectivity index (χ3n) is 5.17. The minimum Gasteiger partial charge on any atom is -0.507 e. The Kier molecular flexibility index (Phi) is 10.3. The Labute approximate surface area is 175 Å². The molecular formula is C23H40O6. The highest BCUT2D eigenvalue weighted by atomic mass is 16.4. The third kappa shape index (κ3) is 8.33. The van der Waals surface area contributed by atoms with Crippen molar-refractivity contribution in [3.05, 3.63) is 28.8 Å². The number of aliphatic hydroxyl groups is 3. The van der Waals surface area contributed by atoms with Crippen LogP contribution in [0.5, 0.6) is 5.75 Å². The summed E-state index contributed by atoms with van der Waals surface area (Å²) in [6.45, 7) is 13.7. The van der Waals surface area contributed by atoms with Crippen LogP contribution >= 0.6 is 0 Å². The number of aliphatic carboxylic acids is 1. The molecule has 0 unspecified atom stereocenters. The average Bonchev–Trinajstić information content (AvgIpc) is 2.62. The molecule has 0 fully saturated rings. The molecule has 0 aliphatic heterocycles. The van der Waals surface area contributed by atoms with Gasteiger partial charge in [-0.1, -0.05) is 60.6 Å². The number of phenolic OH excluding ortho intramolecular Hbond substituents is 1. The van der Waals surface area contributed by atoms with Crippen molar-refractivity contribution in [1.82, 2.24) is 0 Å². The molecule has 0 spiro atoms. The SMILES string of the molecule is CC(C)(C)c1cc(CCC(=O)O)cc(C(C)(C)C)c1O.CCC(CO)(CO)CO. The molecule has 0 heterocycles. The summed E-state index contributed by atoms with van der Waals surface area (Å²) in [6.07, 6.45) is 1.19. The maximum Gasteiger partial charge on any atom is 0.303 e. The molecule has 0 radical (unpaired) electrons. The van der Waals surface area contributed by atoms with Crippen LogP contribution in [0.25, 0.3) is 0 Å². The van der Waals surface area contributed by atoms with E-state index in [4.69, 9.17) is 20.4 Å². The van der Waals surface area contributed by atoms with E-state index >= 15 is 0 Å². The number of aliphatic hydroxyl groups excluding tert-OH is 3. The molecule has 0 bridgehead atoms. The molecule has 1 aromatic carbocycles. The number of carbonyl (C=O) groups is 1. The van der Waals surface area contributed by atoms with Crippen LogP contribution in [-0.2, 0) is 22.0 Å². The predicted octanol–water partition coefficient (Wildman–Crippen LogP) is 3.36. The van der Waals surface area contributed by atoms with Gasteiger partial charge in [0.15, 0.2) is 0 Å². The Morgan fingerprint density at radius 3 is 1.45 bits per heavy atom. The summed E-state index contributed by atoms with van der Waals surface area (Å²) >= 11 is 0. The molecule has 29 heavy (non-hydrogen) atoms. The molecule has 5 N–H and O–H groups in total. The number of hydrogen-bond acceptors (Lipinski definition) is 5. The van der Waals surface area contributed by atoms with Crippen molar-refractivity contribution in [3.8, 4) is 5.75 Å². The molecule has 0 saturated carbocycles. The summed E-state index contributed by atoms with van der Waals surface area (Å²) in [4.78, 5) is 10.8. The van der Waals surface area contributed by atoms with Crippen LogP contribution < -0.4 is 0 Å². The van der Waals surface area contributed by atoms with Crippen molar-refractivity contribution in [2.45, 2.75) is 78.6 Å². The van der Waals surface area contributed by atoms with Crippen LogP contribution in [0.1, 0.15) is 78.0 Å². The van der Waals surface area contributed by atoms with Gasteiger partial charge >= 0.3 is 5.97 Å². The van der Waals surface area contributed by atoms with Gasteiger partial charge in [0.2, 0.25) is 0 Å². The van der Waals surface area contributed by atoms with Crippen molar-refractivity contribution in [1.29, 1.82) is 0 Å². The fourth-order valence-electron chi connectivity index (χ4n) is 2.72. The molecular weight excluding hydrogens is 372 g/mol. The van der Waals surface area contributed by atoms with Crippen molar-refractivity contribution in [3.63, 3.8) is 0 Å². The summed E-state index contributed by atoms with van der Waals surface area (Å²) < 4.78 is 0. The molecule has 168 valence electrons. The highest BCUT2D eigenvalue weighted by Gasteiger charge is 2.26. The lowest BCUT2D eigenvalue weighted by atomic mass is 9.78. The second kappa shape index (κ2) is 11.0. The number of aryl methyl sites for hydroxylation is 1. The van der Waals surface area contributed by atoms with E-state index in [1.54, 1.807) is 0 Å². The average molecular weight is 413 g/mol. The number of hydrogen-bond donors (Lipinski definition) is 5. The van der Waals surface area contributed by atoms with Crippen LogP contribution in [-0.4, -0.2) is 51.3 Å². The van der Waals surface area contributed by atoms with Gasteiger partial charge in [-0.2, -0.15) is 0 Å². The Morgan fingerprint density at radius 1 is 0.862 bits per heavy atom. The fraction of sp³-hybridized carbons (Fsp3) is 0.696. The highest BCUT2D eigenvalue weighted by molar-refractivity contribution is 5.67. The molecule has 6 heteroatoms. The first kappa shape index (κ1) is 27.4. The Balaban J connectivity index is 0.000000734. The number of rotatable bonds is 7. The van der Waals surface area contributed by atoms with E-state index in [1.807, 2.05) is 19.1 Å². The van der Waals surface area contributed by atoms with Gasteiger partial charge in [0.1, 0.15) is 5.75 Å². The summed E-state index contributed by atoms with van der Waals surface area (Å²) in [7, 11) is 0. The van der Waals surface area contributed by atoms with Gasteiger partial charge < -0.3 is 25.5 Å². The minimum absolute atomic E-state index is 0.109.